The second-order valence-corrected chi connectivity index (χ2v) is 5.07. The first-order valence-electron chi connectivity index (χ1n) is 6.53. The fourth-order valence-corrected chi connectivity index (χ4v) is 1.89. The van der Waals surface area contributed by atoms with Gasteiger partial charge in [-0.25, -0.2) is 0 Å². The Kier molecular flexibility index (Phi) is 5.72. The fourth-order valence-electron chi connectivity index (χ4n) is 1.89. The summed E-state index contributed by atoms with van der Waals surface area (Å²) >= 11 is 0. The third-order valence-corrected chi connectivity index (χ3v) is 2.80. The van der Waals surface area contributed by atoms with Crippen molar-refractivity contribution < 1.29 is 4.42 Å². The highest BCUT2D eigenvalue weighted by molar-refractivity contribution is 5.20. The van der Waals surface area contributed by atoms with Crippen LogP contribution in [0.25, 0.3) is 0 Å². The zero-order chi connectivity index (χ0) is 12.8. The van der Waals surface area contributed by atoms with E-state index in [0.29, 0.717) is 6.04 Å². The van der Waals surface area contributed by atoms with Crippen LogP contribution in [0.15, 0.2) is 10.5 Å². The zero-order valence-electron chi connectivity index (χ0n) is 11.8. The van der Waals surface area contributed by atoms with Crippen LogP contribution in [0.2, 0.25) is 0 Å². The van der Waals surface area contributed by atoms with E-state index in [0.717, 1.165) is 31.2 Å². The first-order valence-corrected chi connectivity index (χ1v) is 6.53. The maximum Gasteiger partial charge on any atom is 0.118 e. The lowest BCUT2D eigenvalue weighted by Crippen LogP contribution is -2.21. The predicted molar refractivity (Wildman–Crippen MR) is 72.0 cm³/mol. The molecule has 0 aromatic carbocycles. The van der Waals surface area contributed by atoms with Gasteiger partial charge in [0.05, 0.1) is 6.54 Å². The molecule has 0 aliphatic carbocycles. The molecule has 0 unspecified atom stereocenters. The minimum Gasteiger partial charge on any atom is -0.465 e. The van der Waals surface area contributed by atoms with Gasteiger partial charge in [0.25, 0.3) is 0 Å². The second kappa shape index (κ2) is 6.82. The van der Waals surface area contributed by atoms with Crippen LogP contribution in [0, 0.1) is 6.92 Å². The Labute approximate surface area is 105 Å². The molecule has 0 aliphatic heterocycles. The van der Waals surface area contributed by atoms with Gasteiger partial charge in [-0.3, -0.25) is 0 Å². The minimum atomic E-state index is 0.492. The maximum absolute atomic E-state index is 5.75. The van der Waals surface area contributed by atoms with E-state index in [9.17, 15) is 0 Å². The Bertz CT molecular complexity index is 331. The molecule has 0 fully saturated rings. The van der Waals surface area contributed by atoms with E-state index in [1.54, 1.807) is 0 Å². The van der Waals surface area contributed by atoms with Gasteiger partial charge < -0.3 is 14.6 Å². The van der Waals surface area contributed by atoms with Gasteiger partial charge in [0, 0.05) is 18.2 Å². The Balaban J connectivity index is 2.55. The van der Waals surface area contributed by atoms with Crippen LogP contribution >= 0.6 is 0 Å². The molecule has 1 aromatic heterocycles. The summed E-state index contributed by atoms with van der Waals surface area (Å²) < 4.78 is 5.75. The first kappa shape index (κ1) is 14.3. The average Bonchev–Trinajstić information content (AvgIpc) is 2.57. The van der Waals surface area contributed by atoms with Crippen molar-refractivity contribution in [3.8, 4) is 0 Å². The van der Waals surface area contributed by atoms with Crippen molar-refractivity contribution in [3.63, 3.8) is 0 Å². The molecule has 0 atom stereocenters. The van der Waals surface area contributed by atoms with Gasteiger partial charge in [-0.1, -0.05) is 20.8 Å². The Morgan fingerprint density at radius 3 is 2.71 bits per heavy atom. The molecule has 98 valence electrons. The molecule has 1 heterocycles. The number of aryl methyl sites for hydroxylation is 1. The number of rotatable bonds is 7. The molecule has 0 saturated heterocycles. The molecule has 1 rings (SSSR count). The smallest absolute Gasteiger partial charge is 0.118 e. The fraction of sp³-hybridized carbons (Fsp3) is 0.714. The van der Waals surface area contributed by atoms with Crippen LogP contribution < -0.4 is 5.32 Å². The van der Waals surface area contributed by atoms with E-state index in [4.69, 9.17) is 4.42 Å². The molecule has 3 nitrogen and oxygen atoms in total. The van der Waals surface area contributed by atoms with Crippen LogP contribution in [-0.4, -0.2) is 24.5 Å². The van der Waals surface area contributed by atoms with Gasteiger partial charge in [-0.05, 0) is 33.0 Å². The molecule has 17 heavy (non-hydrogen) atoms. The summed E-state index contributed by atoms with van der Waals surface area (Å²) in [5, 5.41) is 3.37. The van der Waals surface area contributed by atoms with Crippen molar-refractivity contribution in [2.75, 3.05) is 13.6 Å². The molecule has 1 N–H and O–H groups in total. The van der Waals surface area contributed by atoms with Crippen LogP contribution in [0.4, 0.5) is 0 Å². The summed E-state index contributed by atoms with van der Waals surface area (Å²) in [6.07, 6.45) is 1.19. The molecule has 0 saturated carbocycles. The number of hydrogen-bond acceptors (Lipinski definition) is 3. The molecule has 1 aromatic rings. The standard InChI is InChI=1S/C14H26N2O/c1-6-7-16(5)10-13-8-14(17-12(13)4)9-15-11(2)3/h8,11,15H,6-7,9-10H2,1-5H3. The largest absolute Gasteiger partial charge is 0.465 e. The lowest BCUT2D eigenvalue weighted by Gasteiger charge is -2.14. The van der Waals surface area contributed by atoms with E-state index in [1.165, 1.54) is 12.0 Å². The third-order valence-electron chi connectivity index (χ3n) is 2.80. The molecule has 0 aliphatic rings. The first-order chi connectivity index (χ1) is 8.02. The topological polar surface area (TPSA) is 28.4 Å². The van der Waals surface area contributed by atoms with Crippen LogP contribution in [0.3, 0.4) is 0 Å². The molecular formula is C14H26N2O. The van der Waals surface area contributed by atoms with E-state index in [-0.39, 0.29) is 0 Å². The van der Waals surface area contributed by atoms with Crippen molar-refractivity contribution in [2.45, 2.75) is 53.2 Å². The summed E-state index contributed by atoms with van der Waals surface area (Å²) in [4.78, 5) is 2.33. The molecule has 3 heteroatoms. The van der Waals surface area contributed by atoms with Crippen molar-refractivity contribution in [1.29, 1.82) is 0 Å². The average molecular weight is 238 g/mol. The monoisotopic (exact) mass is 238 g/mol. The SMILES string of the molecule is CCCN(C)Cc1cc(CNC(C)C)oc1C. The number of nitrogens with zero attached hydrogens (tertiary/aromatic N) is 1. The van der Waals surface area contributed by atoms with E-state index in [1.807, 2.05) is 6.92 Å². The third kappa shape index (κ3) is 4.92. The van der Waals surface area contributed by atoms with Crippen LogP contribution in [0.1, 0.15) is 44.3 Å². The highest BCUT2D eigenvalue weighted by Gasteiger charge is 2.09. The quantitative estimate of drug-likeness (QED) is 0.791. The predicted octanol–water partition coefficient (Wildman–Crippen LogP) is 2.93. The van der Waals surface area contributed by atoms with E-state index in [2.05, 4.69) is 44.1 Å². The lowest BCUT2D eigenvalue weighted by atomic mass is 10.2. The number of nitrogens with one attached hydrogen (secondary N) is 1. The van der Waals surface area contributed by atoms with E-state index < -0.39 is 0 Å². The maximum atomic E-state index is 5.75. The van der Waals surface area contributed by atoms with Gasteiger partial charge in [-0.2, -0.15) is 0 Å². The van der Waals surface area contributed by atoms with Crippen molar-refractivity contribution >= 4 is 0 Å². The molecule has 0 bridgehead atoms. The molecular weight excluding hydrogens is 212 g/mol. The zero-order valence-corrected chi connectivity index (χ0v) is 11.8. The van der Waals surface area contributed by atoms with Crippen LogP contribution in [0.5, 0.6) is 0 Å². The Hall–Kier alpha value is -0.800. The van der Waals surface area contributed by atoms with Crippen molar-refractivity contribution in [3.05, 3.63) is 23.2 Å². The van der Waals surface area contributed by atoms with Crippen molar-refractivity contribution in [1.82, 2.24) is 10.2 Å². The van der Waals surface area contributed by atoms with Gasteiger partial charge in [0.15, 0.2) is 0 Å². The molecule has 0 radical (unpaired) electrons. The number of furan rings is 1. The number of hydrogen-bond donors (Lipinski definition) is 1. The second-order valence-electron chi connectivity index (χ2n) is 5.07. The molecule has 0 amide bonds. The van der Waals surface area contributed by atoms with Gasteiger partial charge >= 0.3 is 0 Å². The van der Waals surface area contributed by atoms with Gasteiger partial charge in [0.1, 0.15) is 11.5 Å². The highest BCUT2D eigenvalue weighted by Crippen LogP contribution is 2.16. The normalized spacial score (nSPS) is 11.7. The van der Waals surface area contributed by atoms with Crippen LogP contribution in [-0.2, 0) is 13.1 Å². The molecule has 0 spiro atoms. The summed E-state index contributed by atoms with van der Waals surface area (Å²) in [6.45, 7) is 11.5. The minimum absolute atomic E-state index is 0.492. The Morgan fingerprint density at radius 2 is 2.12 bits per heavy atom. The summed E-state index contributed by atoms with van der Waals surface area (Å²) in [6, 6.07) is 2.67. The lowest BCUT2D eigenvalue weighted by molar-refractivity contribution is 0.324. The van der Waals surface area contributed by atoms with Crippen molar-refractivity contribution in [2.24, 2.45) is 0 Å². The van der Waals surface area contributed by atoms with E-state index >= 15 is 0 Å². The summed E-state index contributed by atoms with van der Waals surface area (Å²) in [7, 11) is 2.15. The summed E-state index contributed by atoms with van der Waals surface area (Å²) in [5.41, 5.74) is 1.31. The highest BCUT2D eigenvalue weighted by atomic mass is 16.3. The summed E-state index contributed by atoms with van der Waals surface area (Å²) in [5.74, 6) is 2.09. The van der Waals surface area contributed by atoms with Gasteiger partial charge in [-0.15, -0.1) is 0 Å². The Morgan fingerprint density at radius 1 is 1.41 bits per heavy atom. The van der Waals surface area contributed by atoms with Gasteiger partial charge in [0.2, 0.25) is 0 Å².